The first-order valence-corrected chi connectivity index (χ1v) is 5.57. The van der Waals surface area contributed by atoms with Gasteiger partial charge in [-0.15, -0.1) is 0 Å². The normalized spacial score (nSPS) is 15.3. The van der Waals surface area contributed by atoms with Gasteiger partial charge in [0.05, 0.1) is 7.11 Å². The van der Waals surface area contributed by atoms with E-state index >= 15 is 0 Å². The van der Waals surface area contributed by atoms with Crippen LogP contribution in [-0.2, 0) is 19.1 Å². The maximum absolute atomic E-state index is 11.8. The molecule has 0 saturated carbocycles. The van der Waals surface area contributed by atoms with Gasteiger partial charge in [-0.2, -0.15) is 0 Å². The quantitative estimate of drug-likeness (QED) is 0.597. The van der Waals surface area contributed by atoms with Crippen LogP contribution in [0.25, 0.3) is 0 Å². The first-order chi connectivity index (χ1) is 7.53. The average molecular weight is 246 g/mol. The minimum atomic E-state index is -2.23. The highest BCUT2D eigenvalue weighted by molar-refractivity contribution is 6.03. The Morgan fingerprint density at radius 2 is 1.65 bits per heavy atom. The molecule has 0 aromatic rings. The van der Waals surface area contributed by atoms with E-state index in [1.807, 2.05) is 0 Å². The topological polar surface area (TPSA) is 72.8 Å². The number of aliphatic hydroxyl groups is 1. The number of hydrogen-bond donors (Lipinski definition) is 1. The molecule has 0 bridgehead atoms. The minimum absolute atomic E-state index is 0.0331. The van der Waals surface area contributed by atoms with Crippen LogP contribution in [0.15, 0.2) is 0 Å². The first-order valence-electron chi connectivity index (χ1n) is 5.57. The van der Waals surface area contributed by atoms with Crippen molar-refractivity contribution in [3.8, 4) is 0 Å². The van der Waals surface area contributed by atoms with Crippen LogP contribution in [-0.4, -0.2) is 35.4 Å². The SMILES string of the molecule is COC(=O)[C@@](O)(CC(C)C)C(=O)OC(C)(C)C. The van der Waals surface area contributed by atoms with Gasteiger partial charge < -0.3 is 14.6 Å². The van der Waals surface area contributed by atoms with Gasteiger partial charge in [-0.1, -0.05) is 13.8 Å². The first kappa shape index (κ1) is 15.9. The molecule has 1 atom stereocenters. The number of carbonyl (C=O) groups is 2. The van der Waals surface area contributed by atoms with Gasteiger partial charge in [0.1, 0.15) is 5.60 Å². The number of hydrogen-bond acceptors (Lipinski definition) is 5. The van der Waals surface area contributed by atoms with Crippen molar-refractivity contribution in [2.75, 3.05) is 7.11 Å². The van der Waals surface area contributed by atoms with E-state index in [4.69, 9.17) is 4.74 Å². The van der Waals surface area contributed by atoms with Crippen molar-refractivity contribution in [1.82, 2.24) is 0 Å². The molecule has 0 aromatic heterocycles. The summed E-state index contributed by atoms with van der Waals surface area (Å²) in [6.07, 6.45) is -0.0331. The fourth-order valence-corrected chi connectivity index (χ4v) is 1.37. The van der Waals surface area contributed by atoms with Crippen molar-refractivity contribution in [3.05, 3.63) is 0 Å². The fourth-order valence-electron chi connectivity index (χ4n) is 1.37. The van der Waals surface area contributed by atoms with Gasteiger partial charge in [-0.05, 0) is 26.7 Å². The minimum Gasteiger partial charge on any atom is -0.466 e. The number of ether oxygens (including phenoxy) is 2. The molecule has 0 aromatic carbocycles. The van der Waals surface area contributed by atoms with E-state index in [0.717, 1.165) is 7.11 Å². The summed E-state index contributed by atoms with van der Waals surface area (Å²) in [4.78, 5) is 23.4. The predicted octanol–water partition coefficient (Wildman–Crippen LogP) is 1.28. The zero-order valence-electron chi connectivity index (χ0n) is 11.4. The Kier molecular flexibility index (Phi) is 5.13. The highest BCUT2D eigenvalue weighted by atomic mass is 16.6. The lowest BCUT2D eigenvalue weighted by Crippen LogP contribution is -2.51. The molecule has 17 heavy (non-hydrogen) atoms. The molecule has 0 aliphatic carbocycles. The van der Waals surface area contributed by atoms with Crippen molar-refractivity contribution >= 4 is 11.9 Å². The van der Waals surface area contributed by atoms with Crippen molar-refractivity contribution in [2.45, 2.75) is 52.2 Å². The van der Waals surface area contributed by atoms with Crippen LogP contribution in [0.3, 0.4) is 0 Å². The molecule has 0 amide bonds. The third-order valence-corrected chi connectivity index (χ3v) is 1.96. The lowest BCUT2D eigenvalue weighted by molar-refractivity contribution is -0.191. The van der Waals surface area contributed by atoms with Crippen LogP contribution in [0.5, 0.6) is 0 Å². The molecular formula is C12H22O5. The molecule has 0 spiro atoms. The van der Waals surface area contributed by atoms with Crippen molar-refractivity contribution in [1.29, 1.82) is 0 Å². The summed E-state index contributed by atoms with van der Waals surface area (Å²) in [7, 11) is 1.12. The summed E-state index contributed by atoms with van der Waals surface area (Å²) in [5.41, 5.74) is -2.99. The smallest absolute Gasteiger partial charge is 0.350 e. The molecule has 0 saturated heterocycles. The zero-order valence-corrected chi connectivity index (χ0v) is 11.4. The lowest BCUT2D eigenvalue weighted by atomic mass is 9.92. The second-order valence-corrected chi connectivity index (χ2v) is 5.45. The van der Waals surface area contributed by atoms with Gasteiger partial charge in [0, 0.05) is 6.42 Å². The third-order valence-electron chi connectivity index (χ3n) is 1.96. The Bertz CT molecular complexity index is 290. The van der Waals surface area contributed by atoms with Crippen LogP contribution in [0.4, 0.5) is 0 Å². The maximum Gasteiger partial charge on any atom is 0.350 e. The molecule has 0 rings (SSSR count). The van der Waals surface area contributed by atoms with Crippen LogP contribution in [0.1, 0.15) is 41.0 Å². The standard InChI is InChI=1S/C12H22O5/c1-8(2)7-12(15,9(13)16-6)10(14)17-11(3,4)5/h8,15H,7H2,1-6H3/t12-/m0/s1. The summed E-state index contributed by atoms with van der Waals surface area (Å²) in [6.45, 7) is 8.57. The van der Waals surface area contributed by atoms with E-state index in [1.165, 1.54) is 0 Å². The molecule has 5 nitrogen and oxygen atoms in total. The van der Waals surface area contributed by atoms with Crippen molar-refractivity contribution < 1.29 is 24.2 Å². The molecular weight excluding hydrogens is 224 g/mol. The van der Waals surface area contributed by atoms with Crippen LogP contribution >= 0.6 is 0 Å². The Hall–Kier alpha value is -1.10. The van der Waals surface area contributed by atoms with E-state index in [-0.39, 0.29) is 12.3 Å². The largest absolute Gasteiger partial charge is 0.466 e. The van der Waals surface area contributed by atoms with E-state index in [9.17, 15) is 14.7 Å². The van der Waals surface area contributed by atoms with E-state index in [0.29, 0.717) is 0 Å². The van der Waals surface area contributed by atoms with Gasteiger partial charge >= 0.3 is 11.9 Å². The molecule has 1 N–H and O–H groups in total. The van der Waals surface area contributed by atoms with Crippen molar-refractivity contribution in [3.63, 3.8) is 0 Å². The Labute approximate surface area is 102 Å². The molecule has 5 heteroatoms. The van der Waals surface area contributed by atoms with E-state index in [1.54, 1.807) is 34.6 Å². The molecule has 0 unspecified atom stereocenters. The molecule has 100 valence electrons. The summed E-state index contributed by atoms with van der Waals surface area (Å²) >= 11 is 0. The van der Waals surface area contributed by atoms with Gasteiger partial charge in [-0.3, -0.25) is 0 Å². The summed E-state index contributed by atoms with van der Waals surface area (Å²) in [6, 6.07) is 0. The van der Waals surface area contributed by atoms with Gasteiger partial charge in [0.15, 0.2) is 0 Å². The monoisotopic (exact) mass is 246 g/mol. The third kappa shape index (κ3) is 4.73. The Morgan fingerprint density at radius 3 is 1.94 bits per heavy atom. The van der Waals surface area contributed by atoms with Crippen LogP contribution in [0.2, 0.25) is 0 Å². The van der Waals surface area contributed by atoms with Crippen LogP contribution in [0, 0.1) is 5.92 Å². The molecule has 0 aliphatic heterocycles. The van der Waals surface area contributed by atoms with Gasteiger partial charge in [0.2, 0.25) is 0 Å². The predicted molar refractivity (Wildman–Crippen MR) is 62.3 cm³/mol. The van der Waals surface area contributed by atoms with Gasteiger partial charge in [-0.25, -0.2) is 9.59 Å². The number of carbonyl (C=O) groups excluding carboxylic acids is 2. The van der Waals surface area contributed by atoms with E-state index in [2.05, 4.69) is 4.74 Å². The van der Waals surface area contributed by atoms with Crippen molar-refractivity contribution in [2.24, 2.45) is 5.92 Å². The van der Waals surface area contributed by atoms with E-state index < -0.39 is 23.1 Å². The number of rotatable bonds is 4. The summed E-state index contributed by atoms with van der Waals surface area (Å²) in [5.74, 6) is -2.00. The fraction of sp³-hybridized carbons (Fsp3) is 0.833. The summed E-state index contributed by atoms with van der Waals surface area (Å²) < 4.78 is 9.50. The average Bonchev–Trinajstić information content (AvgIpc) is 2.12. The number of methoxy groups -OCH3 is 1. The second kappa shape index (κ2) is 5.49. The van der Waals surface area contributed by atoms with Gasteiger partial charge in [0.25, 0.3) is 5.60 Å². The Balaban J connectivity index is 5.05. The molecule has 0 radical (unpaired) electrons. The Morgan fingerprint density at radius 1 is 1.18 bits per heavy atom. The molecule has 0 fully saturated rings. The van der Waals surface area contributed by atoms with Crippen LogP contribution < -0.4 is 0 Å². The maximum atomic E-state index is 11.8. The highest BCUT2D eigenvalue weighted by Gasteiger charge is 2.48. The molecule has 0 heterocycles. The molecule has 0 aliphatic rings. The highest BCUT2D eigenvalue weighted by Crippen LogP contribution is 2.23. The summed E-state index contributed by atoms with van der Waals surface area (Å²) in [5, 5.41) is 10.1. The number of esters is 2. The zero-order chi connectivity index (χ0) is 13.9. The second-order valence-electron chi connectivity index (χ2n) is 5.45. The lowest BCUT2D eigenvalue weighted by Gasteiger charge is -2.29.